The topological polar surface area (TPSA) is 117 Å². The number of hydrogen-bond acceptors (Lipinski definition) is 8. The summed E-state index contributed by atoms with van der Waals surface area (Å²) in [7, 11) is -6.68. The molecule has 1 rings (SSSR count). The first-order valence-corrected chi connectivity index (χ1v) is 10.7. The SMILES string of the molecule is C=C(C)C(=O)OCCNC(=O)C(F)(C(F)(F)F)S(=O)(=O)OC(CC1(C)OCCCO1)C(F)F. The van der Waals surface area contributed by atoms with Crippen LogP contribution in [0.15, 0.2) is 12.2 Å². The number of esters is 1. The molecule has 16 heteroatoms. The van der Waals surface area contributed by atoms with Gasteiger partial charge in [0, 0.05) is 12.0 Å². The van der Waals surface area contributed by atoms with Crippen LogP contribution in [0, 0.1) is 0 Å². The van der Waals surface area contributed by atoms with Gasteiger partial charge in [0.25, 0.3) is 12.3 Å². The zero-order chi connectivity index (χ0) is 25.7. The molecule has 0 bridgehead atoms. The number of amides is 1. The van der Waals surface area contributed by atoms with Crippen molar-refractivity contribution in [1.82, 2.24) is 5.32 Å². The van der Waals surface area contributed by atoms with Gasteiger partial charge in [0.15, 0.2) is 5.79 Å². The van der Waals surface area contributed by atoms with Crippen LogP contribution in [0.2, 0.25) is 0 Å². The molecule has 0 aromatic carbocycles. The molecule has 1 heterocycles. The first-order chi connectivity index (χ1) is 15.0. The summed E-state index contributed by atoms with van der Waals surface area (Å²) in [6, 6.07) is 0. The van der Waals surface area contributed by atoms with E-state index >= 15 is 0 Å². The summed E-state index contributed by atoms with van der Waals surface area (Å²) in [5.74, 6) is -5.60. The summed E-state index contributed by atoms with van der Waals surface area (Å²) in [6.45, 7) is 3.91. The predicted octanol–water partition coefficient (Wildman–Crippen LogP) is 1.97. The van der Waals surface area contributed by atoms with Crippen molar-refractivity contribution in [2.75, 3.05) is 26.4 Å². The first-order valence-electron chi connectivity index (χ1n) is 9.32. The Kier molecular flexibility index (Phi) is 9.72. The van der Waals surface area contributed by atoms with Gasteiger partial charge in [0.05, 0.1) is 19.8 Å². The summed E-state index contributed by atoms with van der Waals surface area (Å²) in [6.07, 6.45) is -13.7. The summed E-state index contributed by atoms with van der Waals surface area (Å²) < 4.78 is 124. The van der Waals surface area contributed by atoms with Crippen molar-refractivity contribution in [1.29, 1.82) is 0 Å². The van der Waals surface area contributed by atoms with Gasteiger partial charge in [-0.15, -0.1) is 0 Å². The van der Waals surface area contributed by atoms with Crippen LogP contribution in [0.3, 0.4) is 0 Å². The van der Waals surface area contributed by atoms with Gasteiger partial charge in [-0.3, -0.25) is 8.98 Å². The van der Waals surface area contributed by atoms with E-state index in [4.69, 9.17) is 9.47 Å². The van der Waals surface area contributed by atoms with E-state index in [1.54, 1.807) is 0 Å². The fourth-order valence-corrected chi connectivity index (χ4v) is 3.68. The third-order valence-corrected chi connectivity index (χ3v) is 5.78. The van der Waals surface area contributed by atoms with Crippen molar-refractivity contribution < 1.29 is 62.7 Å². The maximum Gasteiger partial charge on any atom is 0.449 e. The molecule has 0 radical (unpaired) electrons. The summed E-state index contributed by atoms with van der Waals surface area (Å²) in [5.41, 5.74) is -0.0925. The van der Waals surface area contributed by atoms with Gasteiger partial charge < -0.3 is 19.5 Å². The molecule has 1 N–H and O–H groups in total. The van der Waals surface area contributed by atoms with Crippen LogP contribution in [0.5, 0.6) is 0 Å². The van der Waals surface area contributed by atoms with Gasteiger partial charge in [-0.2, -0.15) is 21.6 Å². The molecule has 192 valence electrons. The minimum atomic E-state index is -6.68. The van der Waals surface area contributed by atoms with Gasteiger partial charge in [-0.05, 0) is 20.3 Å². The number of carbonyl (C=O) groups excluding carboxylic acids is 2. The smallest absolute Gasteiger partial charge is 0.449 e. The average Bonchev–Trinajstić information content (AvgIpc) is 2.68. The lowest BCUT2D eigenvalue weighted by atomic mass is 10.1. The molecule has 1 aliphatic heterocycles. The highest BCUT2D eigenvalue weighted by atomic mass is 32.2. The molecule has 1 fully saturated rings. The Balaban J connectivity index is 3.05. The molecule has 2 unspecified atom stereocenters. The highest BCUT2D eigenvalue weighted by Crippen LogP contribution is 2.41. The van der Waals surface area contributed by atoms with E-state index in [-0.39, 0.29) is 18.8 Å². The van der Waals surface area contributed by atoms with Crippen LogP contribution >= 0.6 is 0 Å². The molecule has 1 saturated heterocycles. The Hall–Kier alpha value is -1.91. The Morgan fingerprint density at radius 2 is 1.73 bits per heavy atom. The van der Waals surface area contributed by atoms with Gasteiger partial charge in [-0.25, -0.2) is 18.0 Å². The van der Waals surface area contributed by atoms with Crippen LogP contribution in [-0.4, -0.2) is 76.2 Å². The molecule has 2 atom stereocenters. The number of rotatable bonds is 11. The molecule has 1 amide bonds. The molecule has 0 aliphatic carbocycles. The minimum absolute atomic E-state index is 0.0210. The number of hydrogen-bond donors (Lipinski definition) is 1. The van der Waals surface area contributed by atoms with Crippen molar-refractivity contribution in [3.05, 3.63) is 12.2 Å². The lowest BCUT2D eigenvalue weighted by Crippen LogP contribution is -2.60. The van der Waals surface area contributed by atoms with Crippen molar-refractivity contribution in [2.24, 2.45) is 0 Å². The normalized spacial score (nSPS) is 19.4. The second-order valence-electron chi connectivity index (χ2n) is 7.08. The predicted molar refractivity (Wildman–Crippen MR) is 98.0 cm³/mol. The Labute approximate surface area is 185 Å². The van der Waals surface area contributed by atoms with E-state index in [1.807, 2.05) is 0 Å². The van der Waals surface area contributed by atoms with E-state index in [2.05, 4.69) is 15.5 Å². The molecule has 0 aromatic rings. The van der Waals surface area contributed by atoms with Gasteiger partial charge in [0.2, 0.25) is 0 Å². The molecule has 0 aromatic heterocycles. The van der Waals surface area contributed by atoms with Gasteiger partial charge in [-0.1, -0.05) is 6.58 Å². The highest BCUT2D eigenvalue weighted by molar-refractivity contribution is 7.89. The standard InChI is InChI=1S/C17H23F6NO8S/c1-10(2)13(25)29-8-5-24-14(26)16(20,17(21,22)23)33(27,28)32-11(12(18)19)9-15(3)30-6-4-7-31-15/h11-12H,1,4-9H2,2-3H3,(H,24,26). The minimum Gasteiger partial charge on any atom is -0.460 e. The molecule has 1 aliphatic rings. The summed E-state index contributed by atoms with van der Waals surface area (Å²) in [5, 5.41) is -4.46. The third-order valence-electron chi connectivity index (χ3n) is 4.18. The van der Waals surface area contributed by atoms with Crippen LogP contribution in [-0.2, 0) is 38.1 Å². The average molecular weight is 515 g/mol. The number of ether oxygens (including phenoxy) is 3. The van der Waals surface area contributed by atoms with Crippen molar-refractivity contribution in [3.8, 4) is 0 Å². The quantitative estimate of drug-likeness (QED) is 0.146. The van der Waals surface area contributed by atoms with Crippen molar-refractivity contribution >= 4 is 22.0 Å². The number of alkyl halides is 6. The molecular formula is C17H23F6NO8S. The van der Waals surface area contributed by atoms with Crippen LogP contribution in [0.25, 0.3) is 0 Å². The maximum absolute atomic E-state index is 14.8. The molecule has 0 saturated carbocycles. The third kappa shape index (κ3) is 7.28. The second-order valence-corrected chi connectivity index (χ2v) is 8.74. The van der Waals surface area contributed by atoms with Gasteiger partial charge >= 0.3 is 27.3 Å². The largest absolute Gasteiger partial charge is 0.460 e. The fourth-order valence-electron chi connectivity index (χ4n) is 2.48. The molecule has 0 spiro atoms. The fraction of sp³-hybridized carbons (Fsp3) is 0.765. The lowest BCUT2D eigenvalue weighted by Gasteiger charge is -2.36. The number of carbonyl (C=O) groups is 2. The van der Waals surface area contributed by atoms with E-state index < -0.39 is 71.1 Å². The second kappa shape index (κ2) is 11.0. The molecule has 33 heavy (non-hydrogen) atoms. The van der Waals surface area contributed by atoms with Crippen molar-refractivity contribution in [2.45, 2.75) is 56.2 Å². The highest BCUT2D eigenvalue weighted by Gasteiger charge is 2.72. The summed E-state index contributed by atoms with van der Waals surface area (Å²) in [4.78, 5) is 23.1. The Morgan fingerprint density at radius 1 is 1.18 bits per heavy atom. The van der Waals surface area contributed by atoms with Crippen molar-refractivity contribution in [3.63, 3.8) is 0 Å². The number of nitrogens with one attached hydrogen (secondary N) is 1. The summed E-state index contributed by atoms with van der Waals surface area (Å²) >= 11 is 0. The maximum atomic E-state index is 14.8. The monoisotopic (exact) mass is 515 g/mol. The van der Waals surface area contributed by atoms with Crippen LogP contribution < -0.4 is 5.32 Å². The first kappa shape index (κ1) is 29.1. The molecular weight excluding hydrogens is 492 g/mol. The lowest BCUT2D eigenvalue weighted by molar-refractivity contribution is -0.270. The Bertz CT molecular complexity index is 828. The van der Waals surface area contributed by atoms with Gasteiger partial charge in [0.1, 0.15) is 12.7 Å². The Morgan fingerprint density at radius 3 is 2.18 bits per heavy atom. The van der Waals surface area contributed by atoms with E-state index in [9.17, 15) is 44.3 Å². The van der Waals surface area contributed by atoms with Crippen LogP contribution in [0.1, 0.15) is 26.7 Å². The van der Waals surface area contributed by atoms with Crippen LogP contribution in [0.4, 0.5) is 26.3 Å². The zero-order valence-corrected chi connectivity index (χ0v) is 18.4. The zero-order valence-electron chi connectivity index (χ0n) is 17.5. The van der Waals surface area contributed by atoms with E-state index in [0.717, 1.165) is 6.92 Å². The number of halogens is 6. The van der Waals surface area contributed by atoms with E-state index in [1.165, 1.54) is 12.2 Å². The van der Waals surface area contributed by atoms with E-state index in [0.29, 0.717) is 6.42 Å². The molecule has 9 nitrogen and oxygen atoms in total.